The van der Waals surface area contributed by atoms with E-state index in [1.807, 2.05) is 0 Å². The van der Waals surface area contributed by atoms with Crippen LogP contribution in [0.5, 0.6) is 5.75 Å². The summed E-state index contributed by atoms with van der Waals surface area (Å²) in [6, 6.07) is 9.33. The van der Waals surface area contributed by atoms with Crippen LogP contribution in [0, 0.1) is 5.82 Å². The van der Waals surface area contributed by atoms with Crippen molar-refractivity contribution in [2.45, 2.75) is 6.42 Å². The fourth-order valence-corrected chi connectivity index (χ4v) is 2.17. The van der Waals surface area contributed by atoms with Crippen LogP contribution in [0.15, 0.2) is 48.8 Å². The normalized spacial score (nSPS) is 10.8. The molecule has 2 aromatic heterocycles. The molecule has 0 unspecified atom stereocenters. The van der Waals surface area contributed by atoms with Crippen LogP contribution >= 0.6 is 0 Å². The summed E-state index contributed by atoms with van der Waals surface area (Å²) in [5.41, 5.74) is 1.51. The molecule has 0 spiro atoms. The van der Waals surface area contributed by atoms with E-state index in [1.54, 1.807) is 35.0 Å². The van der Waals surface area contributed by atoms with Crippen molar-refractivity contribution in [3.05, 3.63) is 65.9 Å². The number of aromatic nitrogens is 2. The van der Waals surface area contributed by atoms with Gasteiger partial charge in [0.15, 0.2) is 11.4 Å². The van der Waals surface area contributed by atoms with Gasteiger partial charge in [-0.25, -0.2) is 9.37 Å². The predicted octanol–water partition coefficient (Wildman–Crippen LogP) is 2.15. The van der Waals surface area contributed by atoms with Crippen LogP contribution < -0.4 is 5.32 Å². The number of pyridine rings is 1. The molecule has 0 aliphatic rings. The van der Waals surface area contributed by atoms with Gasteiger partial charge in [0.2, 0.25) is 0 Å². The molecule has 1 amide bonds. The Bertz CT molecular complexity index is 812. The standard InChI is InChI=1S/C16H14FN3O2/c17-12-5-3-11(4-6-12)7-8-18-16(22)13-10-20-9-1-2-14(21)15(20)19-13/h1-6,9-10,21H,7-8H2,(H,18,22). The minimum absolute atomic E-state index is 0.0212. The highest BCUT2D eigenvalue weighted by Gasteiger charge is 2.12. The molecular weight excluding hydrogens is 285 g/mol. The topological polar surface area (TPSA) is 66.6 Å². The molecule has 0 saturated carbocycles. The molecule has 112 valence electrons. The van der Waals surface area contributed by atoms with E-state index in [0.29, 0.717) is 18.6 Å². The van der Waals surface area contributed by atoms with E-state index < -0.39 is 0 Å². The Kier molecular flexibility index (Phi) is 3.74. The van der Waals surface area contributed by atoms with E-state index in [4.69, 9.17) is 0 Å². The minimum atomic E-state index is -0.315. The number of nitrogens with one attached hydrogen (secondary N) is 1. The summed E-state index contributed by atoms with van der Waals surface area (Å²) in [6.45, 7) is 0.421. The summed E-state index contributed by atoms with van der Waals surface area (Å²) < 4.78 is 14.4. The molecule has 6 heteroatoms. The second kappa shape index (κ2) is 5.85. The Morgan fingerprint density at radius 2 is 2.05 bits per heavy atom. The lowest BCUT2D eigenvalue weighted by atomic mass is 10.1. The van der Waals surface area contributed by atoms with Gasteiger partial charge in [0.05, 0.1) is 0 Å². The van der Waals surface area contributed by atoms with Crippen molar-refractivity contribution in [1.82, 2.24) is 14.7 Å². The number of nitrogens with zero attached hydrogens (tertiary/aromatic N) is 2. The molecule has 0 bridgehead atoms. The Labute approximate surface area is 126 Å². The molecule has 2 N–H and O–H groups in total. The second-order valence-electron chi connectivity index (χ2n) is 4.88. The summed E-state index contributed by atoms with van der Waals surface area (Å²) in [5, 5.41) is 12.4. The van der Waals surface area contributed by atoms with Crippen LogP contribution in [0.3, 0.4) is 0 Å². The van der Waals surface area contributed by atoms with Gasteiger partial charge in [-0.2, -0.15) is 0 Å². The smallest absolute Gasteiger partial charge is 0.271 e. The monoisotopic (exact) mass is 299 g/mol. The Balaban J connectivity index is 1.63. The van der Waals surface area contributed by atoms with Gasteiger partial charge in [-0.3, -0.25) is 4.79 Å². The molecule has 0 aliphatic heterocycles. The zero-order chi connectivity index (χ0) is 15.5. The van der Waals surface area contributed by atoms with E-state index in [-0.39, 0.29) is 23.2 Å². The van der Waals surface area contributed by atoms with Crippen LogP contribution in [-0.2, 0) is 6.42 Å². The van der Waals surface area contributed by atoms with Crippen molar-refractivity contribution in [1.29, 1.82) is 0 Å². The predicted molar refractivity (Wildman–Crippen MR) is 79.3 cm³/mol. The number of aromatic hydroxyl groups is 1. The zero-order valence-corrected chi connectivity index (χ0v) is 11.7. The van der Waals surface area contributed by atoms with Crippen LogP contribution in [0.25, 0.3) is 5.65 Å². The largest absolute Gasteiger partial charge is 0.504 e. The van der Waals surface area contributed by atoms with Crippen molar-refractivity contribution < 1.29 is 14.3 Å². The fourth-order valence-electron chi connectivity index (χ4n) is 2.17. The first-order valence-electron chi connectivity index (χ1n) is 6.83. The van der Waals surface area contributed by atoms with Crippen molar-refractivity contribution in [2.24, 2.45) is 0 Å². The first kappa shape index (κ1) is 14.1. The molecule has 0 atom stereocenters. The van der Waals surface area contributed by atoms with Gasteiger partial charge < -0.3 is 14.8 Å². The average Bonchev–Trinajstić information content (AvgIpc) is 2.95. The third kappa shape index (κ3) is 2.90. The number of imidazole rings is 1. The number of halogens is 1. The molecule has 3 aromatic rings. The maximum atomic E-state index is 12.8. The molecule has 0 radical (unpaired) electrons. The number of carbonyl (C=O) groups is 1. The van der Waals surface area contributed by atoms with Gasteiger partial charge in [0.1, 0.15) is 11.5 Å². The van der Waals surface area contributed by atoms with Crippen LogP contribution in [-0.4, -0.2) is 26.9 Å². The van der Waals surface area contributed by atoms with Crippen LogP contribution in [0.4, 0.5) is 4.39 Å². The van der Waals surface area contributed by atoms with Gasteiger partial charge >= 0.3 is 0 Å². The molecular formula is C16H14FN3O2. The van der Waals surface area contributed by atoms with Gasteiger partial charge in [0, 0.05) is 18.9 Å². The lowest BCUT2D eigenvalue weighted by Crippen LogP contribution is -2.25. The van der Waals surface area contributed by atoms with Gasteiger partial charge in [-0.1, -0.05) is 12.1 Å². The summed E-state index contributed by atoms with van der Waals surface area (Å²) in [6.07, 6.45) is 3.87. The number of fused-ring (bicyclic) bond motifs is 1. The van der Waals surface area contributed by atoms with E-state index in [2.05, 4.69) is 10.3 Å². The molecule has 3 rings (SSSR count). The molecule has 0 fully saturated rings. The highest BCUT2D eigenvalue weighted by molar-refractivity contribution is 5.93. The Morgan fingerprint density at radius 3 is 2.77 bits per heavy atom. The molecule has 2 heterocycles. The van der Waals surface area contributed by atoms with Crippen molar-refractivity contribution in [2.75, 3.05) is 6.54 Å². The van der Waals surface area contributed by atoms with Crippen LogP contribution in [0.2, 0.25) is 0 Å². The maximum Gasteiger partial charge on any atom is 0.271 e. The zero-order valence-electron chi connectivity index (χ0n) is 11.7. The minimum Gasteiger partial charge on any atom is -0.504 e. The summed E-state index contributed by atoms with van der Waals surface area (Å²) >= 11 is 0. The highest BCUT2D eigenvalue weighted by Crippen LogP contribution is 2.16. The number of rotatable bonds is 4. The van der Waals surface area contributed by atoms with Crippen molar-refractivity contribution in [3.8, 4) is 5.75 Å². The second-order valence-corrected chi connectivity index (χ2v) is 4.88. The van der Waals surface area contributed by atoms with Crippen molar-refractivity contribution in [3.63, 3.8) is 0 Å². The first-order chi connectivity index (χ1) is 10.6. The van der Waals surface area contributed by atoms with E-state index in [0.717, 1.165) is 5.56 Å². The number of hydrogen-bond donors (Lipinski definition) is 2. The Morgan fingerprint density at radius 1 is 1.27 bits per heavy atom. The van der Waals surface area contributed by atoms with Gasteiger partial charge in [-0.05, 0) is 36.2 Å². The molecule has 0 aliphatic carbocycles. The average molecular weight is 299 g/mol. The summed E-state index contributed by atoms with van der Waals surface area (Å²) in [5.74, 6) is -0.574. The van der Waals surface area contributed by atoms with Crippen molar-refractivity contribution >= 4 is 11.6 Å². The van der Waals surface area contributed by atoms with E-state index >= 15 is 0 Å². The third-order valence-corrected chi connectivity index (χ3v) is 3.31. The fraction of sp³-hybridized carbons (Fsp3) is 0.125. The SMILES string of the molecule is O=C(NCCc1ccc(F)cc1)c1cn2cccc(O)c2n1. The van der Waals surface area contributed by atoms with E-state index in [9.17, 15) is 14.3 Å². The maximum absolute atomic E-state index is 12.8. The lowest BCUT2D eigenvalue weighted by molar-refractivity contribution is 0.0950. The third-order valence-electron chi connectivity index (χ3n) is 3.31. The molecule has 22 heavy (non-hydrogen) atoms. The lowest BCUT2D eigenvalue weighted by Gasteiger charge is -2.03. The molecule has 1 aromatic carbocycles. The highest BCUT2D eigenvalue weighted by atomic mass is 19.1. The van der Waals surface area contributed by atoms with E-state index in [1.165, 1.54) is 18.2 Å². The summed E-state index contributed by atoms with van der Waals surface area (Å²) in [4.78, 5) is 16.1. The van der Waals surface area contributed by atoms with Gasteiger partial charge in [0.25, 0.3) is 5.91 Å². The number of amides is 1. The first-order valence-corrected chi connectivity index (χ1v) is 6.83. The molecule has 5 nitrogen and oxygen atoms in total. The van der Waals surface area contributed by atoms with Gasteiger partial charge in [-0.15, -0.1) is 0 Å². The quantitative estimate of drug-likeness (QED) is 0.776. The Hall–Kier alpha value is -2.89. The molecule has 0 saturated heterocycles. The number of hydrogen-bond acceptors (Lipinski definition) is 3. The summed E-state index contributed by atoms with van der Waals surface area (Å²) in [7, 11) is 0. The number of benzene rings is 1. The number of carbonyl (C=O) groups excluding carboxylic acids is 1. The van der Waals surface area contributed by atoms with Crippen LogP contribution in [0.1, 0.15) is 16.1 Å².